The van der Waals surface area contributed by atoms with E-state index in [-0.39, 0.29) is 0 Å². The van der Waals surface area contributed by atoms with Gasteiger partial charge in [-0.3, -0.25) is 0 Å². The van der Waals surface area contributed by atoms with E-state index in [1.165, 1.54) is 11.1 Å². The first kappa shape index (κ1) is 17.3. The molecule has 0 aliphatic carbocycles. The molecule has 0 radical (unpaired) electrons. The van der Waals surface area contributed by atoms with Crippen molar-refractivity contribution in [1.29, 1.82) is 0 Å². The number of rotatable bonds is 7. The summed E-state index contributed by atoms with van der Waals surface area (Å²) in [5.74, 6) is 0.829. The van der Waals surface area contributed by atoms with Crippen LogP contribution in [-0.2, 0) is 13.2 Å². The first-order valence-electron chi connectivity index (χ1n) is 8.22. The third-order valence-electron chi connectivity index (χ3n) is 3.95. The van der Waals surface area contributed by atoms with Gasteiger partial charge in [0, 0.05) is 22.8 Å². The van der Waals surface area contributed by atoms with Gasteiger partial charge in [-0.25, -0.2) is 5.43 Å². The second-order valence-corrected chi connectivity index (χ2v) is 6.25. The van der Waals surface area contributed by atoms with Crippen LogP contribution >= 0.6 is 11.6 Å². The molecule has 3 aromatic rings. The van der Waals surface area contributed by atoms with Crippen LogP contribution in [0.4, 0.5) is 5.69 Å². The Balaban J connectivity index is 1.64. The summed E-state index contributed by atoms with van der Waals surface area (Å²) in [4.78, 5) is 0. The van der Waals surface area contributed by atoms with Gasteiger partial charge in [-0.1, -0.05) is 54.1 Å². The van der Waals surface area contributed by atoms with Gasteiger partial charge in [0.15, 0.2) is 0 Å². The average molecular weight is 353 g/mol. The lowest BCUT2D eigenvalue weighted by Gasteiger charge is -2.14. The molecule has 0 atom stereocenters. The minimum absolute atomic E-state index is 0.535. The van der Waals surface area contributed by atoms with Crippen molar-refractivity contribution in [2.45, 2.75) is 20.1 Å². The van der Waals surface area contributed by atoms with Crippen LogP contribution < -0.4 is 15.6 Å². The molecule has 0 bridgehead atoms. The Morgan fingerprint density at radius 3 is 2.44 bits per heavy atom. The summed E-state index contributed by atoms with van der Waals surface area (Å²) in [5.41, 5.74) is 10.8. The van der Waals surface area contributed by atoms with Crippen LogP contribution in [0.2, 0.25) is 5.02 Å². The van der Waals surface area contributed by atoms with Crippen molar-refractivity contribution < 1.29 is 4.74 Å². The second kappa shape index (κ2) is 8.56. The molecule has 3 aromatic carbocycles. The van der Waals surface area contributed by atoms with Crippen LogP contribution in [0.3, 0.4) is 0 Å². The standard InChI is InChI=1S/C21H21ClN2O/c1-16-7-5-6-8-17(16)15-25-21-12-11-19(22)13-18(21)14-23-24-20-9-3-2-4-10-20/h2-13,23-24H,14-15H2,1H3. The van der Waals surface area contributed by atoms with Crippen LogP contribution in [0.5, 0.6) is 5.75 Å². The predicted octanol–water partition coefficient (Wildman–Crippen LogP) is 5.34. The number of halogens is 1. The average Bonchev–Trinajstić information content (AvgIpc) is 2.63. The smallest absolute Gasteiger partial charge is 0.124 e. The number of benzene rings is 3. The van der Waals surface area contributed by atoms with Crippen molar-refractivity contribution in [2.75, 3.05) is 5.43 Å². The normalized spacial score (nSPS) is 10.5. The van der Waals surface area contributed by atoms with Gasteiger partial charge in [0.2, 0.25) is 0 Å². The molecule has 0 aromatic heterocycles. The fourth-order valence-corrected chi connectivity index (χ4v) is 2.71. The fraction of sp³-hybridized carbons (Fsp3) is 0.143. The van der Waals surface area contributed by atoms with E-state index >= 15 is 0 Å². The Morgan fingerprint density at radius 1 is 0.880 bits per heavy atom. The zero-order chi connectivity index (χ0) is 17.5. The summed E-state index contributed by atoms with van der Waals surface area (Å²) >= 11 is 6.15. The maximum absolute atomic E-state index is 6.15. The lowest BCUT2D eigenvalue weighted by molar-refractivity contribution is 0.301. The van der Waals surface area contributed by atoms with Crippen LogP contribution in [0.1, 0.15) is 16.7 Å². The monoisotopic (exact) mass is 352 g/mol. The Labute approximate surface area is 153 Å². The van der Waals surface area contributed by atoms with E-state index in [9.17, 15) is 0 Å². The minimum Gasteiger partial charge on any atom is -0.489 e. The van der Waals surface area contributed by atoms with Gasteiger partial charge in [0.1, 0.15) is 12.4 Å². The highest BCUT2D eigenvalue weighted by Crippen LogP contribution is 2.24. The molecule has 0 unspecified atom stereocenters. The maximum atomic E-state index is 6.15. The van der Waals surface area contributed by atoms with Crippen LogP contribution in [0.15, 0.2) is 72.8 Å². The molecule has 128 valence electrons. The first-order chi connectivity index (χ1) is 12.2. The molecule has 4 heteroatoms. The van der Waals surface area contributed by atoms with Crippen molar-refractivity contribution in [3.8, 4) is 5.75 Å². The molecule has 0 saturated heterocycles. The second-order valence-electron chi connectivity index (χ2n) is 5.81. The zero-order valence-electron chi connectivity index (χ0n) is 14.1. The third kappa shape index (κ3) is 4.99. The van der Waals surface area contributed by atoms with E-state index in [1.807, 2.05) is 60.7 Å². The van der Waals surface area contributed by atoms with Crippen molar-refractivity contribution >= 4 is 17.3 Å². The summed E-state index contributed by atoms with van der Waals surface area (Å²) in [5, 5.41) is 0.694. The highest BCUT2D eigenvalue weighted by molar-refractivity contribution is 6.30. The van der Waals surface area contributed by atoms with Gasteiger partial charge in [-0.15, -0.1) is 0 Å². The number of anilines is 1. The fourth-order valence-electron chi connectivity index (χ4n) is 2.52. The summed E-state index contributed by atoms with van der Waals surface area (Å²) in [6, 6.07) is 23.9. The summed E-state index contributed by atoms with van der Waals surface area (Å²) in [6.45, 7) is 3.22. The van der Waals surface area contributed by atoms with Crippen molar-refractivity contribution in [3.63, 3.8) is 0 Å². The summed E-state index contributed by atoms with van der Waals surface area (Å²) in [7, 11) is 0. The topological polar surface area (TPSA) is 33.3 Å². The van der Waals surface area contributed by atoms with Gasteiger partial charge in [0.25, 0.3) is 0 Å². The molecule has 0 aliphatic heterocycles. The Morgan fingerprint density at radius 2 is 1.64 bits per heavy atom. The molecule has 0 spiro atoms. The predicted molar refractivity (Wildman–Crippen MR) is 104 cm³/mol. The van der Waals surface area contributed by atoms with E-state index < -0.39 is 0 Å². The number of ether oxygens (including phenoxy) is 1. The molecule has 25 heavy (non-hydrogen) atoms. The SMILES string of the molecule is Cc1ccccc1COc1ccc(Cl)cc1CNNc1ccccc1. The third-order valence-corrected chi connectivity index (χ3v) is 4.19. The van der Waals surface area contributed by atoms with Crippen LogP contribution in [-0.4, -0.2) is 0 Å². The number of hydrazine groups is 1. The number of hydrogen-bond acceptors (Lipinski definition) is 3. The van der Waals surface area contributed by atoms with E-state index in [0.29, 0.717) is 18.2 Å². The lowest BCUT2D eigenvalue weighted by Crippen LogP contribution is -2.21. The minimum atomic E-state index is 0.535. The first-order valence-corrected chi connectivity index (χ1v) is 8.60. The molecular formula is C21H21ClN2O. The molecule has 0 aliphatic rings. The zero-order valence-corrected chi connectivity index (χ0v) is 14.9. The van der Waals surface area contributed by atoms with E-state index in [4.69, 9.17) is 16.3 Å². The van der Waals surface area contributed by atoms with E-state index in [1.54, 1.807) is 0 Å². The quantitative estimate of drug-likeness (QED) is 0.563. The molecule has 0 heterocycles. The maximum Gasteiger partial charge on any atom is 0.124 e. The van der Waals surface area contributed by atoms with Crippen molar-refractivity contribution in [3.05, 3.63) is 94.5 Å². The summed E-state index contributed by atoms with van der Waals surface area (Å²) in [6.07, 6.45) is 0. The Bertz CT molecular complexity index is 821. The van der Waals surface area contributed by atoms with Gasteiger partial charge in [-0.2, -0.15) is 0 Å². The number of para-hydroxylation sites is 1. The van der Waals surface area contributed by atoms with Crippen molar-refractivity contribution in [1.82, 2.24) is 5.43 Å². The Kier molecular flexibility index (Phi) is 5.94. The van der Waals surface area contributed by atoms with Crippen molar-refractivity contribution in [2.24, 2.45) is 0 Å². The van der Waals surface area contributed by atoms with Gasteiger partial charge < -0.3 is 10.2 Å². The highest BCUT2D eigenvalue weighted by Gasteiger charge is 2.06. The highest BCUT2D eigenvalue weighted by atomic mass is 35.5. The van der Waals surface area contributed by atoms with Gasteiger partial charge in [0.05, 0.1) is 0 Å². The molecule has 2 N–H and O–H groups in total. The molecule has 3 rings (SSSR count). The molecule has 0 fully saturated rings. The summed E-state index contributed by atoms with van der Waals surface area (Å²) < 4.78 is 6.04. The largest absolute Gasteiger partial charge is 0.489 e. The lowest BCUT2D eigenvalue weighted by atomic mass is 10.1. The Hall–Kier alpha value is -2.49. The number of nitrogens with one attached hydrogen (secondary N) is 2. The molecular weight excluding hydrogens is 332 g/mol. The molecule has 3 nitrogen and oxygen atoms in total. The van der Waals surface area contributed by atoms with Gasteiger partial charge >= 0.3 is 0 Å². The molecule has 0 amide bonds. The van der Waals surface area contributed by atoms with Crippen LogP contribution in [0, 0.1) is 6.92 Å². The van der Waals surface area contributed by atoms with E-state index in [0.717, 1.165) is 17.0 Å². The molecule has 0 saturated carbocycles. The number of aryl methyl sites for hydroxylation is 1. The number of hydrogen-bond donors (Lipinski definition) is 2. The van der Waals surface area contributed by atoms with E-state index in [2.05, 4.69) is 29.9 Å². The van der Waals surface area contributed by atoms with Crippen LogP contribution in [0.25, 0.3) is 0 Å². The van der Waals surface area contributed by atoms with Gasteiger partial charge in [-0.05, 0) is 48.4 Å².